The van der Waals surface area contributed by atoms with Gasteiger partial charge in [0.1, 0.15) is 11.6 Å². The minimum Gasteiger partial charge on any atom is -0.483 e. The van der Waals surface area contributed by atoms with Gasteiger partial charge in [-0.05, 0) is 79.1 Å². The van der Waals surface area contributed by atoms with Crippen LogP contribution in [0, 0.1) is 12.7 Å². The predicted octanol–water partition coefficient (Wildman–Crippen LogP) is 4.51. The summed E-state index contributed by atoms with van der Waals surface area (Å²) in [4.78, 5) is 12.2. The first kappa shape index (κ1) is 22.3. The first-order chi connectivity index (χ1) is 14.8. The minimum absolute atomic E-state index is 0.0298. The van der Waals surface area contributed by atoms with Gasteiger partial charge in [0, 0.05) is 11.4 Å². The lowest BCUT2D eigenvalue weighted by Crippen LogP contribution is -2.20. The second-order valence-electron chi connectivity index (χ2n) is 6.93. The Kier molecular flexibility index (Phi) is 6.91. The fourth-order valence-electron chi connectivity index (χ4n) is 2.85. The number of carbonyl (C=O) groups excluding carboxylic acids is 1. The molecule has 0 fully saturated rings. The molecule has 0 spiro atoms. The Bertz CT molecular complexity index is 1160. The zero-order chi connectivity index (χ0) is 22.4. The SMILES string of the molecule is CCc1ccc(NC(=O)COc2ccc(S(=O)(=O)Nc3ccc(F)cc3)cc2C)cc1. The van der Waals surface area contributed by atoms with Gasteiger partial charge in [-0.25, -0.2) is 12.8 Å². The van der Waals surface area contributed by atoms with E-state index >= 15 is 0 Å². The number of hydrogen-bond donors (Lipinski definition) is 2. The molecule has 0 bridgehead atoms. The molecule has 0 atom stereocenters. The number of nitrogens with one attached hydrogen (secondary N) is 2. The van der Waals surface area contributed by atoms with Gasteiger partial charge in [0.25, 0.3) is 15.9 Å². The second kappa shape index (κ2) is 9.61. The lowest BCUT2D eigenvalue weighted by molar-refractivity contribution is -0.118. The summed E-state index contributed by atoms with van der Waals surface area (Å²) in [6, 6.07) is 16.9. The molecule has 0 radical (unpaired) electrons. The van der Waals surface area contributed by atoms with Gasteiger partial charge in [0.2, 0.25) is 0 Å². The molecule has 6 nitrogen and oxygen atoms in total. The molecule has 3 rings (SSSR count). The van der Waals surface area contributed by atoms with E-state index in [1.165, 1.54) is 48.0 Å². The van der Waals surface area contributed by atoms with E-state index in [0.717, 1.165) is 6.42 Å². The number of rotatable bonds is 8. The number of sulfonamides is 1. The molecule has 0 aromatic heterocycles. The molecule has 0 heterocycles. The average Bonchev–Trinajstić information content (AvgIpc) is 2.75. The smallest absolute Gasteiger partial charge is 0.262 e. The van der Waals surface area contributed by atoms with Crippen molar-refractivity contribution >= 4 is 27.3 Å². The van der Waals surface area contributed by atoms with Crippen LogP contribution in [0.3, 0.4) is 0 Å². The molecule has 0 saturated heterocycles. The van der Waals surface area contributed by atoms with Gasteiger partial charge in [-0.2, -0.15) is 0 Å². The standard InChI is InChI=1S/C23H23FN2O4S/c1-3-17-4-8-19(9-5-17)25-23(27)15-30-22-13-12-21(14-16(22)2)31(28,29)26-20-10-6-18(24)7-11-20/h4-14,26H,3,15H2,1-2H3,(H,25,27). The highest BCUT2D eigenvalue weighted by Crippen LogP contribution is 2.24. The molecule has 8 heteroatoms. The molecule has 0 unspecified atom stereocenters. The topological polar surface area (TPSA) is 84.5 Å². The number of anilines is 2. The van der Waals surface area contributed by atoms with Crippen molar-refractivity contribution in [3.8, 4) is 5.75 Å². The molecule has 0 aliphatic heterocycles. The van der Waals surface area contributed by atoms with Gasteiger partial charge in [0.15, 0.2) is 6.61 Å². The van der Waals surface area contributed by atoms with Crippen molar-refractivity contribution in [3.05, 3.63) is 83.7 Å². The summed E-state index contributed by atoms with van der Waals surface area (Å²) in [6.45, 7) is 3.53. The fourth-order valence-corrected chi connectivity index (χ4v) is 3.99. The normalized spacial score (nSPS) is 11.1. The Hall–Kier alpha value is -3.39. The van der Waals surface area contributed by atoms with Gasteiger partial charge >= 0.3 is 0 Å². The third-order valence-electron chi connectivity index (χ3n) is 4.56. The van der Waals surface area contributed by atoms with Crippen molar-refractivity contribution in [1.29, 1.82) is 0 Å². The summed E-state index contributed by atoms with van der Waals surface area (Å²) in [5, 5.41) is 2.75. The van der Waals surface area contributed by atoms with Crippen LogP contribution in [0.1, 0.15) is 18.1 Å². The Balaban J connectivity index is 1.61. The average molecular weight is 443 g/mol. The van der Waals surface area contributed by atoms with Gasteiger partial charge in [-0.15, -0.1) is 0 Å². The van der Waals surface area contributed by atoms with E-state index in [9.17, 15) is 17.6 Å². The second-order valence-corrected chi connectivity index (χ2v) is 8.61. The van der Waals surface area contributed by atoms with E-state index in [4.69, 9.17) is 4.74 Å². The molecule has 0 aliphatic rings. The monoisotopic (exact) mass is 442 g/mol. The van der Waals surface area contributed by atoms with Crippen molar-refractivity contribution in [2.75, 3.05) is 16.6 Å². The van der Waals surface area contributed by atoms with Gasteiger partial charge in [-0.3, -0.25) is 9.52 Å². The van der Waals surface area contributed by atoms with Crippen LogP contribution in [-0.4, -0.2) is 20.9 Å². The zero-order valence-electron chi connectivity index (χ0n) is 17.2. The van der Waals surface area contributed by atoms with Crippen molar-refractivity contribution in [1.82, 2.24) is 0 Å². The Morgan fingerprint density at radius 2 is 1.61 bits per heavy atom. The molecule has 3 aromatic carbocycles. The highest BCUT2D eigenvalue weighted by atomic mass is 32.2. The quantitative estimate of drug-likeness (QED) is 0.537. The van der Waals surface area contributed by atoms with E-state index in [1.807, 2.05) is 24.3 Å². The third kappa shape index (κ3) is 6.05. The van der Waals surface area contributed by atoms with Crippen LogP contribution in [0.2, 0.25) is 0 Å². The van der Waals surface area contributed by atoms with Crippen LogP contribution < -0.4 is 14.8 Å². The number of amides is 1. The Morgan fingerprint density at radius 3 is 2.23 bits per heavy atom. The number of carbonyl (C=O) groups is 1. The zero-order valence-corrected chi connectivity index (χ0v) is 18.0. The maximum absolute atomic E-state index is 13.0. The Morgan fingerprint density at radius 1 is 0.968 bits per heavy atom. The minimum atomic E-state index is -3.85. The van der Waals surface area contributed by atoms with E-state index in [-0.39, 0.29) is 23.1 Å². The van der Waals surface area contributed by atoms with Gasteiger partial charge in [0.05, 0.1) is 4.90 Å². The van der Waals surface area contributed by atoms with Crippen molar-refractivity contribution < 1.29 is 22.3 Å². The summed E-state index contributed by atoms with van der Waals surface area (Å²) in [5.41, 5.74) is 2.66. The predicted molar refractivity (Wildman–Crippen MR) is 118 cm³/mol. The van der Waals surface area contributed by atoms with Crippen LogP contribution in [0.15, 0.2) is 71.6 Å². The van der Waals surface area contributed by atoms with E-state index in [0.29, 0.717) is 17.0 Å². The van der Waals surface area contributed by atoms with Gasteiger partial charge in [-0.1, -0.05) is 19.1 Å². The summed E-state index contributed by atoms with van der Waals surface area (Å²) in [7, 11) is -3.85. The van der Waals surface area contributed by atoms with Crippen LogP contribution in [-0.2, 0) is 21.2 Å². The molecule has 3 aromatic rings. The largest absolute Gasteiger partial charge is 0.483 e. The Labute approximate surface area is 181 Å². The number of halogens is 1. The maximum Gasteiger partial charge on any atom is 0.262 e. The molecule has 0 saturated carbocycles. The van der Waals surface area contributed by atoms with Crippen LogP contribution >= 0.6 is 0 Å². The van der Waals surface area contributed by atoms with E-state index in [2.05, 4.69) is 17.0 Å². The summed E-state index contributed by atoms with van der Waals surface area (Å²) >= 11 is 0. The highest BCUT2D eigenvalue weighted by molar-refractivity contribution is 7.92. The first-order valence-corrected chi connectivity index (χ1v) is 11.2. The summed E-state index contributed by atoms with van der Waals surface area (Å²) in [6.07, 6.45) is 0.918. The molecular weight excluding hydrogens is 419 g/mol. The van der Waals surface area contributed by atoms with E-state index < -0.39 is 15.8 Å². The molecule has 1 amide bonds. The van der Waals surface area contributed by atoms with Crippen molar-refractivity contribution in [2.45, 2.75) is 25.2 Å². The maximum atomic E-state index is 13.0. The van der Waals surface area contributed by atoms with Crippen molar-refractivity contribution in [3.63, 3.8) is 0 Å². The van der Waals surface area contributed by atoms with Crippen LogP contribution in [0.25, 0.3) is 0 Å². The number of aryl methyl sites for hydroxylation is 2. The number of ether oxygens (including phenoxy) is 1. The van der Waals surface area contributed by atoms with Gasteiger partial charge < -0.3 is 10.1 Å². The highest BCUT2D eigenvalue weighted by Gasteiger charge is 2.16. The third-order valence-corrected chi connectivity index (χ3v) is 5.94. The molecule has 162 valence electrons. The first-order valence-electron chi connectivity index (χ1n) is 9.67. The van der Waals surface area contributed by atoms with Crippen molar-refractivity contribution in [2.24, 2.45) is 0 Å². The summed E-state index contributed by atoms with van der Waals surface area (Å²) in [5.74, 6) is -0.377. The van der Waals surface area contributed by atoms with E-state index in [1.54, 1.807) is 6.92 Å². The van der Waals surface area contributed by atoms with Crippen LogP contribution in [0.4, 0.5) is 15.8 Å². The lowest BCUT2D eigenvalue weighted by Gasteiger charge is -2.12. The molecular formula is C23H23FN2O4S. The molecule has 2 N–H and O–H groups in total. The lowest BCUT2D eigenvalue weighted by atomic mass is 10.1. The molecule has 31 heavy (non-hydrogen) atoms. The number of benzene rings is 3. The molecule has 0 aliphatic carbocycles. The number of hydrogen-bond acceptors (Lipinski definition) is 4. The fraction of sp³-hybridized carbons (Fsp3) is 0.174. The van der Waals surface area contributed by atoms with Crippen LogP contribution in [0.5, 0.6) is 5.75 Å². The summed E-state index contributed by atoms with van der Waals surface area (Å²) < 4.78 is 46.1.